The highest BCUT2D eigenvalue weighted by atomic mass is 14.9. The van der Waals surface area contributed by atoms with Crippen LogP contribution in [0.25, 0.3) is 89.4 Å². The van der Waals surface area contributed by atoms with Crippen LogP contribution in [-0.2, 0) is 5.41 Å². The molecule has 65 heavy (non-hydrogen) atoms. The Morgan fingerprint density at radius 1 is 0.262 bits per heavy atom. The van der Waals surface area contributed by atoms with Crippen LogP contribution in [-0.4, -0.2) is 15.0 Å². The van der Waals surface area contributed by atoms with Gasteiger partial charge in [0.05, 0.1) is 28.0 Å². The van der Waals surface area contributed by atoms with E-state index in [1.165, 1.54) is 33.4 Å². The third-order valence-electron chi connectivity index (χ3n) is 12.9. The predicted octanol–water partition coefficient (Wildman–Crippen LogP) is 15.4. The molecule has 0 fully saturated rings. The maximum Gasteiger partial charge on any atom is 0.160 e. The van der Waals surface area contributed by atoms with Crippen LogP contribution in [0.5, 0.6) is 0 Å². The maximum atomic E-state index is 5.55. The lowest BCUT2D eigenvalue weighted by molar-refractivity contribution is 0.769. The second-order valence-corrected chi connectivity index (χ2v) is 16.7. The first-order valence-electron chi connectivity index (χ1n) is 22.2. The SMILES string of the molecule is c1ccc(-c2cc(-c3nc(-c4ccccc4)cc(-c4ccccc4)n3)cc(-c3cc(-c4ccccc4)nc4cc5c(cc34)-c3ccccc3C5(c3ccccc3)c3ccccc3)c2)cc1. The van der Waals surface area contributed by atoms with Crippen LogP contribution in [0.15, 0.2) is 249 Å². The van der Waals surface area contributed by atoms with Crippen LogP contribution >= 0.6 is 0 Å². The highest BCUT2D eigenvalue weighted by Gasteiger charge is 2.46. The van der Waals surface area contributed by atoms with E-state index >= 15 is 0 Å². The lowest BCUT2D eigenvalue weighted by atomic mass is 9.67. The summed E-state index contributed by atoms with van der Waals surface area (Å²) in [5.74, 6) is 0.663. The summed E-state index contributed by atoms with van der Waals surface area (Å²) in [7, 11) is 0. The van der Waals surface area contributed by atoms with Crippen LogP contribution in [0.2, 0.25) is 0 Å². The first-order valence-corrected chi connectivity index (χ1v) is 22.2. The summed E-state index contributed by atoms with van der Waals surface area (Å²) in [4.78, 5) is 16.2. The number of hydrogen-bond donors (Lipinski definition) is 0. The minimum Gasteiger partial charge on any atom is -0.248 e. The molecule has 3 nitrogen and oxygen atoms in total. The van der Waals surface area contributed by atoms with Crippen LogP contribution in [0.1, 0.15) is 22.3 Å². The molecular weight excluding hydrogens is 787 g/mol. The van der Waals surface area contributed by atoms with E-state index in [0.29, 0.717) is 5.82 Å². The number of pyridine rings is 1. The number of nitrogens with zero attached hydrogens (tertiary/aromatic N) is 3. The molecular formula is C62H41N3. The van der Waals surface area contributed by atoms with Gasteiger partial charge in [-0.1, -0.05) is 206 Å². The summed E-state index contributed by atoms with van der Waals surface area (Å²) >= 11 is 0. The smallest absolute Gasteiger partial charge is 0.160 e. The molecule has 3 heteroatoms. The zero-order chi connectivity index (χ0) is 43.2. The van der Waals surface area contributed by atoms with Gasteiger partial charge in [-0.2, -0.15) is 0 Å². The van der Waals surface area contributed by atoms with Gasteiger partial charge < -0.3 is 0 Å². The van der Waals surface area contributed by atoms with Gasteiger partial charge in [-0.3, -0.25) is 0 Å². The Morgan fingerprint density at radius 3 is 1.26 bits per heavy atom. The molecule has 11 aromatic rings. The van der Waals surface area contributed by atoms with Gasteiger partial charge in [0.1, 0.15) is 0 Å². The van der Waals surface area contributed by atoms with Crippen molar-refractivity contribution in [3.63, 3.8) is 0 Å². The van der Waals surface area contributed by atoms with E-state index in [-0.39, 0.29) is 0 Å². The molecule has 2 heterocycles. The number of fused-ring (bicyclic) bond motifs is 4. The van der Waals surface area contributed by atoms with E-state index in [1.54, 1.807) is 0 Å². The fraction of sp³-hybridized carbons (Fsp3) is 0.0161. The van der Waals surface area contributed by atoms with E-state index in [4.69, 9.17) is 15.0 Å². The summed E-state index contributed by atoms with van der Waals surface area (Å²) in [6, 6.07) is 88.8. The lowest BCUT2D eigenvalue weighted by Gasteiger charge is -2.34. The van der Waals surface area contributed by atoms with Crippen molar-refractivity contribution in [1.29, 1.82) is 0 Å². The molecule has 12 rings (SSSR count). The van der Waals surface area contributed by atoms with E-state index in [9.17, 15) is 0 Å². The third kappa shape index (κ3) is 6.65. The van der Waals surface area contributed by atoms with Gasteiger partial charge in [0.2, 0.25) is 0 Å². The normalized spacial score (nSPS) is 12.4. The fourth-order valence-corrected chi connectivity index (χ4v) is 9.96. The molecule has 0 spiro atoms. The number of aromatic nitrogens is 3. The van der Waals surface area contributed by atoms with Gasteiger partial charge in [0.25, 0.3) is 0 Å². The van der Waals surface area contributed by atoms with Crippen molar-refractivity contribution in [2.24, 2.45) is 0 Å². The molecule has 0 radical (unpaired) electrons. The zero-order valence-corrected chi connectivity index (χ0v) is 35.5. The standard InChI is InChI=1S/C62H41N3/c1-7-21-42(22-8-1)46-35-47(37-48(36-46)61-64-58(44-25-11-3-12-26-44)41-59(65-61)45-27-13-4-14-28-45)52-39-57(43-23-9-2-10-24-43)63-60-40-56-53(38-54(52)60)51-33-19-20-34-55(51)62(56,49-29-15-5-16-30-49)50-31-17-6-18-32-50/h1-41H. The van der Waals surface area contributed by atoms with Crippen molar-refractivity contribution in [3.05, 3.63) is 271 Å². The Bertz CT molecular complexity index is 3400. The van der Waals surface area contributed by atoms with Gasteiger partial charge in [-0.05, 0) is 98.1 Å². The number of rotatable bonds is 8. The van der Waals surface area contributed by atoms with Crippen LogP contribution in [0, 0.1) is 0 Å². The van der Waals surface area contributed by atoms with Crippen molar-refractivity contribution < 1.29 is 0 Å². The topological polar surface area (TPSA) is 38.7 Å². The molecule has 0 unspecified atom stereocenters. The minimum atomic E-state index is -0.550. The molecule has 0 amide bonds. The van der Waals surface area contributed by atoms with Crippen LogP contribution in [0.3, 0.4) is 0 Å². The Labute approximate surface area is 379 Å². The monoisotopic (exact) mass is 827 g/mol. The van der Waals surface area contributed by atoms with Crippen LogP contribution in [0.4, 0.5) is 0 Å². The van der Waals surface area contributed by atoms with Crippen molar-refractivity contribution in [2.45, 2.75) is 5.41 Å². The summed E-state index contributed by atoms with van der Waals surface area (Å²) in [5, 5.41) is 1.08. The molecule has 0 atom stereocenters. The molecule has 304 valence electrons. The first kappa shape index (κ1) is 38.2. The molecule has 9 aromatic carbocycles. The fourth-order valence-electron chi connectivity index (χ4n) is 9.96. The second-order valence-electron chi connectivity index (χ2n) is 16.7. The first-order chi connectivity index (χ1) is 32.2. The number of benzene rings is 9. The molecule has 1 aliphatic rings. The molecule has 1 aliphatic carbocycles. The van der Waals surface area contributed by atoms with Gasteiger partial charge >= 0.3 is 0 Å². The summed E-state index contributed by atoms with van der Waals surface area (Å²) in [6.45, 7) is 0. The molecule has 0 saturated heterocycles. The van der Waals surface area contributed by atoms with E-state index in [0.717, 1.165) is 72.5 Å². The highest BCUT2D eigenvalue weighted by Crippen LogP contribution is 2.57. The van der Waals surface area contributed by atoms with Crippen molar-refractivity contribution in [1.82, 2.24) is 15.0 Å². The van der Waals surface area contributed by atoms with Gasteiger partial charge in [0.15, 0.2) is 5.82 Å². The predicted molar refractivity (Wildman–Crippen MR) is 267 cm³/mol. The largest absolute Gasteiger partial charge is 0.248 e. The molecule has 0 saturated carbocycles. The molecule has 0 bridgehead atoms. The third-order valence-corrected chi connectivity index (χ3v) is 12.9. The highest BCUT2D eigenvalue weighted by molar-refractivity contribution is 6.03. The van der Waals surface area contributed by atoms with Crippen molar-refractivity contribution in [3.8, 4) is 78.5 Å². The summed E-state index contributed by atoms with van der Waals surface area (Å²) in [6.07, 6.45) is 0. The number of hydrogen-bond acceptors (Lipinski definition) is 3. The molecule has 2 aromatic heterocycles. The Morgan fingerprint density at radius 2 is 0.708 bits per heavy atom. The summed E-state index contributed by atoms with van der Waals surface area (Å²) < 4.78 is 0. The van der Waals surface area contributed by atoms with Gasteiger partial charge in [-0.25, -0.2) is 15.0 Å². The average molecular weight is 828 g/mol. The lowest BCUT2D eigenvalue weighted by Crippen LogP contribution is -2.28. The minimum absolute atomic E-state index is 0.550. The Balaban J connectivity index is 1.16. The van der Waals surface area contributed by atoms with E-state index in [2.05, 4.69) is 237 Å². The van der Waals surface area contributed by atoms with E-state index < -0.39 is 5.41 Å². The van der Waals surface area contributed by atoms with E-state index in [1.807, 2.05) is 12.1 Å². The zero-order valence-electron chi connectivity index (χ0n) is 35.5. The average Bonchev–Trinajstić information content (AvgIpc) is 3.68. The van der Waals surface area contributed by atoms with Crippen molar-refractivity contribution >= 4 is 10.9 Å². The van der Waals surface area contributed by atoms with Crippen molar-refractivity contribution in [2.75, 3.05) is 0 Å². The Kier molecular flexibility index (Phi) is 9.39. The quantitative estimate of drug-likeness (QED) is 0.153. The van der Waals surface area contributed by atoms with Crippen LogP contribution < -0.4 is 0 Å². The Hall–Kier alpha value is -8.53. The van der Waals surface area contributed by atoms with Gasteiger partial charge in [0, 0.05) is 27.6 Å². The summed E-state index contributed by atoms with van der Waals surface area (Å²) in [5.41, 5.74) is 18.8. The maximum absolute atomic E-state index is 5.55. The molecule has 0 N–H and O–H groups in total. The van der Waals surface area contributed by atoms with Gasteiger partial charge in [-0.15, -0.1) is 0 Å². The molecule has 0 aliphatic heterocycles. The second kappa shape index (κ2) is 16.0.